The molecule has 0 aromatic heterocycles. The first-order valence-electron chi connectivity index (χ1n) is 8.93. The summed E-state index contributed by atoms with van der Waals surface area (Å²) in [6.45, 7) is 0.301. The van der Waals surface area contributed by atoms with E-state index in [0.717, 1.165) is 14.7 Å². The number of benzene rings is 3. The lowest BCUT2D eigenvalue weighted by Crippen LogP contribution is -2.06. The van der Waals surface area contributed by atoms with Crippen LogP contribution in [-0.2, 0) is 16.1 Å². The molecule has 1 aliphatic rings. The van der Waals surface area contributed by atoms with Crippen molar-refractivity contribution in [2.75, 3.05) is 0 Å². The molecule has 3 aromatic rings. The van der Waals surface area contributed by atoms with E-state index in [1.807, 2.05) is 24.3 Å². The van der Waals surface area contributed by atoms with Gasteiger partial charge in [-0.3, -0.25) is 0 Å². The van der Waals surface area contributed by atoms with E-state index in [4.69, 9.17) is 21.1 Å². The number of carbonyl (C=O) groups is 1. The number of ether oxygens (including phenoxy) is 2. The second-order valence-electron chi connectivity index (χ2n) is 6.45. The Balaban J connectivity index is 1.53. The maximum absolute atomic E-state index is 13.0. The molecule has 0 amide bonds. The van der Waals surface area contributed by atoms with Crippen molar-refractivity contribution in [1.82, 2.24) is 0 Å². The minimum Gasteiger partial charge on any atom is -0.489 e. The highest BCUT2D eigenvalue weighted by atomic mass is 127. The first-order valence-corrected chi connectivity index (χ1v) is 10.4. The third-order valence-corrected chi connectivity index (χ3v) is 5.26. The molecular formula is C23H14ClFINO3. The highest BCUT2D eigenvalue weighted by Crippen LogP contribution is 2.26. The van der Waals surface area contributed by atoms with Gasteiger partial charge in [-0.05, 0) is 82.3 Å². The van der Waals surface area contributed by atoms with Gasteiger partial charge in [0, 0.05) is 3.57 Å². The maximum atomic E-state index is 13.0. The summed E-state index contributed by atoms with van der Waals surface area (Å²) in [4.78, 5) is 16.6. The van der Waals surface area contributed by atoms with Gasteiger partial charge >= 0.3 is 5.97 Å². The third-order valence-electron chi connectivity index (χ3n) is 4.26. The van der Waals surface area contributed by atoms with E-state index in [2.05, 4.69) is 27.6 Å². The van der Waals surface area contributed by atoms with Gasteiger partial charge in [0.15, 0.2) is 5.70 Å². The molecular weight excluding hydrogens is 520 g/mol. The second-order valence-corrected chi connectivity index (χ2v) is 8.10. The van der Waals surface area contributed by atoms with E-state index in [1.54, 1.807) is 36.4 Å². The molecule has 0 radical (unpaired) electrons. The topological polar surface area (TPSA) is 47.9 Å². The molecule has 0 N–H and O–H groups in total. The summed E-state index contributed by atoms with van der Waals surface area (Å²) in [6, 6.07) is 18.8. The number of halogens is 3. The molecule has 0 saturated carbocycles. The maximum Gasteiger partial charge on any atom is 0.363 e. The largest absolute Gasteiger partial charge is 0.489 e. The highest BCUT2D eigenvalue weighted by molar-refractivity contribution is 14.1. The molecule has 3 aromatic carbocycles. The van der Waals surface area contributed by atoms with Crippen LogP contribution in [0.4, 0.5) is 4.39 Å². The number of nitrogens with zero attached hydrogens (tertiary/aromatic N) is 1. The van der Waals surface area contributed by atoms with E-state index in [0.29, 0.717) is 22.9 Å². The molecule has 150 valence electrons. The summed E-state index contributed by atoms with van der Waals surface area (Å²) in [5.74, 6) is -0.0387. The number of hydrogen-bond donors (Lipinski definition) is 0. The van der Waals surface area contributed by atoms with Gasteiger partial charge in [-0.25, -0.2) is 14.2 Å². The molecule has 0 fully saturated rings. The summed E-state index contributed by atoms with van der Waals surface area (Å²) < 4.78 is 25.0. The van der Waals surface area contributed by atoms with Crippen LogP contribution < -0.4 is 4.74 Å². The summed E-state index contributed by atoms with van der Waals surface area (Å²) in [6.07, 6.45) is 1.63. The molecule has 0 aliphatic carbocycles. The Morgan fingerprint density at radius 2 is 1.90 bits per heavy atom. The van der Waals surface area contributed by atoms with Crippen molar-refractivity contribution in [3.8, 4) is 5.75 Å². The van der Waals surface area contributed by atoms with Crippen LogP contribution in [0.25, 0.3) is 6.08 Å². The van der Waals surface area contributed by atoms with Gasteiger partial charge in [-0.15, -0.1) is 0 Å². The zero-order valence-corrected chi connectivity index (χ0v) is 18.4. The Labute approximate surface area is 191 Å². The molecule has 0 unspecified atom stereocenters. The number of aliphatic imine (C=N–C) groups is 1. The Morgan fingerprint density at radius 3 is 2.70 bits per heavy atom. The lowest BCUT2D eigenvalue weighted by Gasteiger charge is -2.07. The lowest BCUT2D eigenvalue weighted by atomic mass is 10.2. The van der Waals surface area contributed by atoms with Crippen LogP contribution >= 0.6 is 34.2 Å². The van der Waals surface area contributed by atoms with Crippen LogP contribution in [0.15, 0.2) is 77.4 Å². The Morgan fingerprint density at radius 1 is 1.10 bits per heavy atom. The molecule has 0 atom stereocenters. The number of hydrogen-bond acceptors (Lipinski definition) is 4. The first kappa shape index (κ1) is 20.6. The molecule has 7 heteroatoms. The van der Waals surface area contributed by atoms with Crippen LogP contribution in [-0.4, -0.2) is 11.9 Å². The van der Waals surface area contributed by atoms with Gasteiger partial charge in [0.2, 0.25) is 5.90 Å². The van der Waals surface area contributed by atoms with Crippen molar-refractivity contribution in [2.45, 2.75) is 6.61 Å². The minimum absolute atomic E-state index is 0.176. The number of carbonyl (C=O) groups excluding carboxylic acids is 1. The molecule has 4 rings (SSSR count). The van der Waals surface area contributed by atoms with E-state index in [1.165, 1.54) is 12.1 Å². The zero-order valence-electron chi connectivity index (χ0n) is 15.4. The monoisotopic (exact) mass is 533 g/mol. The van der Waals surface area contributed by atoms with Gasteiger partial charge in [0.25, 0.3) is 0 Å². The fourth-order valence-electron chi connectivity index (χ4n) is 2.79. The quantitative estimate of drug-likeness (QED) is 0.229. The Kier molecular flexibility index (Phi) is 6.15. The molecule has 1 aliphatic heterocycles. The molecule has 0 spiro atoms. The molecule has 0 saturated heterocycles. The molecule has 30 heavy (non-hydrogen) atoms. The van der Waals surface area contributed by atoms with Gasteiger partial charge in [0.05, 0.1) is 10.6 Å². The van der Waals surface area contributed by atoms with Crippen LogP contribution in [0, 0.1) is 9.39 Å². The molecule has 1 heterocycles. The summed E-state index contributed by atoms with van der Waals surface area (Å²) >= 11 is 8.37. The highest BCUT2D eigenvalue weighted by Gasteiger charge is 2.25. The summed E-state index contributed by atoms with van der Waals surface area (Å²) in [5.41, 5.74) is 2.33. The smallest absolute Gasteiger partial charge is 0.363 e. The first-order chi connectivity index (χ1) is 14.5. The van der Waals surface area contributed by atoms with Crippen LogP contribution in [0.3, 0.4) is 0 Å². The van der Waals surface area contributed by atoms with Crippen LogP contribution in [0.5, 0.6) is 5.75 Å². The van der Waals surface area contributed by atoms with Crippen molar-refractivity contribution >= 4 is 52.1 Å². The van der Waals surface area contributed by atoms with E-state index in [-0.39, 0.29) is 17.4 Å². The van der Waals surface area contributed by atoms with Gasteiger partial charge in [0.1, 0.15) is 18.2 Å². The zero-order chi connectivity index (χ0) is 21.1. The predicted octanol–water partition coefficient (Wildman–Crippen LogP) is 6.01. The van der Waals surface area contributed by atoms with Crippen molar-refractivity contribution in [2.24, 2.45) is 4.99 Å². The van der Waals surface area contributed by atoms with Crippen LogP contribution in [0.1, 0.15) is 16.7 Å². The van der Waals surface area contributed by atoms with Crippen molar-refractivity contribution in [3.05, 3.63) is 104 Å². The normalized spacial score (nSPS) is 14.6. The van der Waals surface area contributed by atoms with E-state index in [9.17, 15) is 9.18 Å². The van der Waals surface area contributed by atoms with E-state index >= 15 is 0 Å². The minimum atomic E-state index is -0.544. The average Bonchev–Trinajstić information content (AvgIpc) is 3.10. The molecule has 4 nitrogen and oxygen atoms in total. The Hall–Kier alpha value is -2.71. The number of cyclic esters (lactones) is 1. The predicted molar refractivity (Wildman–Crippen MR) is 122 cm³/mol. The van der Waals surface area contributed by atoms with Crippen molar-refractivity contribution in [3.63, 3.8) is 0 Å². The SMILES string of the molecule is O=C1OC(c2cc(I)ccc2Cl)=N/C1=C\c1cccc(OCc2ccc(F)cc2)c1. The van der Waals surface area contributed by atoms with Gasteiger partial charge in [-0.2, -0.15) is 0 Å². The second kappa shape index (κ2) is 8.97. The van der Waals surface area contributed by atoms with Crippen LogP contribution in [0.2, 0.25) is 5.02 Å². The summed E-state index contributed by atoms with van der Waals surface area (Å²) in [5, 5.41) is 0.458. The standard InChI is InChI=1S/C23H14ClFINO3/c24-20-9-8-17(26)12-19(20)22-27-21(23(28)30-22)11-15-2-1-3-18(10-15)29-13-14-4-6-16(25)7-5-14/h1-12H,13H2/b21-11-. The lowest BCUT2D eigenvalue weighted by molar-refractivity contribution is -0.129. The summed E-state index contributed by atoms with van der Waals surface area (Å²) in [7, 11) is 0. The van der Waals surface area contributed by atoms with Crippen molar-refractivity contribution < 1.29 is 18.7 Å². The third kappa shape index (κ3) is 4.88. The number of rotatable bonds is 5. The fourth-order valence-corrected chi connectivity index (χ4v) is 3.47. The van der Waals surface area contributed by atoms with Crippen molar-refractivity contribution in [1.29, 1.82) is 0 Å². The fraction of sp³-hybridized carbons (Fsp3) is 0.0435. The number of esters is 1. The van der Waals surface area contributed by atoms with Gasteiger partial charge < -0.3 is 9.47 Å². The molecule has 0 bridgehead atoms. The van der Waals surface area contributed by atoms with Gasteiger partial charge in [-0.1, -0.05) is 35.9 Å². The average molecular weight is 534 g/mol. The Bertz CT molecular complexity index is 1180. The van der Waals surface area contributed by atoms with E-state index < -0.39 is 5.97 Å².